The fourth-order valence-electron chi connectivity index (χ4n) is 6.47. The Balaban J connectivity index is 0.000000295. The van der Waals surface area contributed by atoms with Crippen LogP contribution in [0, 0.1) is 26.5 Å². The minimum Gasteiger partial charge on any atom is -0.468 e. The third kappa shape index (κ3) is 6.12. The van der Waals surface area contributed by atoms with Gasteiger partial charge in [-0.1, -0.05) is 90.8 Å². The number of rotatable bonds is 4. The number of hydrogen-bond donors (Lipinski definition) is 1. The van der Waals surface area contributed by atoms with Crippen molar-refractivity contribution in [3.05, 3.63) is 154 Å². The zero-order valence-electron chi connectivity index (χ0n) is 25.6. The molecule has 4 aromatic rings. The molecule has 7 nitrogen and oxygen atoms in total. The lowest BCUT2D eigenvalue weighted by atomic mass is 9.76. The fraction of sp³-hybridized carbons (Fsp3) is 0.158. The Kier molecular flexibility index (Phi) is 9.12. The molecule has 7 rings (SSSR count). The maximum atomic E-state index is 13.7. The number of ketones is 1. The van der Waals surface area contributed by atoms with E-state index in [-0.39, 0.29) is 28.0 Å². The minimum atomic E-state index is -0.667. The minimum absolute atomic E-state index is 0.0309. The highest BCUT2D eigenvalue weighted by Gasteiger charge is 2.32. The number of nitrogens with zero attached hydrogens (tertiary/aromatic N) is 1. The van der Waals surface area contributed by atoms with E-state index in [1.807, 2.05) is 67.7 Å². The van der Waals surface area contributed by atoms with Gasteiger partial charge in [0.25, 0.3) is 5.69 Å². The highest BCUT2D eigenvalue weighted by molar-refractivity contribution is 6.38. The second kappa shape index (κ2) is 13.4. The fourth-order valence-corrected chi connectivity index (χ4v) is 6.97. The van der Waals surface area contributed by atoms with Crippen LogP contribution < -0.4 is 15.8 Å². The van der Waals surface area contributed by atoms with E-state index in [0.29, 0.717) is 23.4 Å². The Hall–Kier alpha value is -4.98. The van der Waals surface area contributed by atoms with Gasteiger partial charge in [0.15, 0.2) is 5.78 Å². The zero-order valence-corrected chi connectivity index (χ0v) is 27.1. The van der Waals surface area contributed by atoms with E-state index in [4.69, 9.17) is 27.9 Å². The van der Waals surface area contributed by atoms with Crippen molar-refractivity contribution >= 4 is 64.1 Å². The molecule has 0 spiro atoms. The quantitative estimate of drug-likeness (QED) is 0.105. The lowest BCUT2D eigenvalue weighted by molar-refractivity contribution is -0.384. The average Bonchev–Trinajstić information content (AvgIpc) is 3.33. The van der Waals surface area contributed by atoms with E-state index in [0.717, 1.165) is 37.7 Å². The van der Waals surface area contributed by atoms with Gasteiger partial charge in [-0.25, -0.2) is 0 Å². The molecule has 2 atom stereocenters. The molecule has 3 aliphatic rings. The van der Waals surface area contributed by atoms with Crippen LogP contribution in [0.1, 0.15) is 46.3 Å². The van der Waals surface area contributed by atoms with Crippen LogP contribution in [0.2, 0.25) is 10.0 Å². The van der Waals surface area contributed by atoms with Crippen LogP contribution in [-0.4, -0.2) is 23.8 Å². The van der Waals surface area contributed by atoms with Gasteiger partial charge in [0, 0.05) is 40.2 Å². The summed E-state index contributed by atoms with van der Waals surface area (Å²) in [5.74, 6) is -1.42. The summed E-state index contributed by atoms with van der Waals surface area (Å²) in [6.07, 6.45) is 11.2. The maximum absolute atomic E-state index is 13.7. The first kappa shape index (κ1) is 32.0. The second-order valence-electron chi connectivity index (χ2n) is 11.5. The molecule has 1 N–H and O–H groups in total. The first-order valence-corrected chi connectivity index (χ1v) is 15.9. The molecule has 4 aromatic carbocycles. The van der Waals surface area contributed by atoms with Gasteiger partial charge in [0.05, 0.1) is 17.1 Å². The molecule has 0 fully saturated rings. The number of methoxy groups -OCH3 is 1. The highest BCUT2D eigenvalue weighted by Crippen LogP contribution is 2.34. The standard InChI is InChI=1S/C28H21Cl2NO5.C10H9N/c1-14-6-8-19-18(25(14)27(32)20-9-7-15(31(34)35)12-24(20)30)11-10-17-16-4-3-5-23(29)21(16)13-22(26(17)19)28(33)36-2;1-2-7-10-9(5-1)6-3-4-8-11-10/h3-5,7,9-14,22H,6,8H2,1-2H3;1-8,11H. The molecule has 0 saturated heterocycles. The predicted octanol–water partition coefficient (Wildman–Crippen LogP) is 7.49. The van der Waals surface area contributed by atoms with Crippen molar-refractivity contribution in [1.29, 1.82) is 0 Å². The summed E-state index contributed by atoms with van der Waals surface area (Å²) in [6, 6.07) is 21.6. The number of carbonyl (C=O) groups is 2. The van der Waals surface area contributed by atoms with Gasteiger partial charge in [-0.05, 0) is 80.6 Å². The van der Waals surface area contributed by atoms with Gasteiger partial charge < -0.3 is 10.1 Å². The lowest BCUT2D eigenvalue weighted by Gasteiger charge is -2.27. The van der Waals surface area contributed by atoms with Crippen molar-refractivity contribution in [3.8, 4) is 0 Å². The Labute approximate surface area is 280 Å². The summed E-state index contributed by atoms with van der Waals surface area (Å²) in [4.78, 5) is 37.2. The summed E-state index contributed by atoms with van der Waals surface area (Å²) in [5.41, 5.74) is 4.75. The number of hydrogen-bond acceptors (Lipinski definition) is 6. The number of Topliss-reactive ketones (excluding diaryl/α,β-unsaturated/α-hetero) is 1. The highest BCUT2D eigenvalue weighted by atomic mass is 35.5. The third-order valence-corrected chi connectivity index (χ3v) is 9.39. The second-order valence-corrected chi connectivity index (χ2v) is 12.3. The van der Waals surface area contributed by atoms with Crippen molar-refractivity contribution < 1.29 is 19.2 Å². The Morgan fingerprint density at radius 2 is 1.72 bits per heavy atom. The van der Waals surface area contributed by atoms with Gasteiger partial charge in [0.1, 0.15) is 5.92 Å². The van der Waals surface area contributed by atoms with Crippen molar-refractivity contribution in [3.63, 3.8) is 0 Å². The number of nitro groups is 1. The number of benzene rings is 4. The first-order chi connectivity index (χ1) is 22.7. The molecule has 0 radical (unpaired) electrons. The van der Waals surface area contributed by atoms with Crippen LogP contribution in [0.5, 0.6) is 0 Å². The van der Waals surface area contributed by atoms with Crippen LogP contribution >= 0.6 is 23.2 Å². The van der Waals surface area contributed by atoms with Crippen molar-refractivity contribution in [2.24, 2.45) is 5.92 Å². The Morgan fingerprint density at radius 3 is 2.49 bits per heavy atom. The van der Waals surface area contributed by atoms with Gasteiger partial charge in [-0.3, -0.25) is 19.7 Å². The number of fused-ring (bicyclic) bond motifs is 5. The number of nitro benzene ring substituents is 1. The Bertz CT molecular complexity index is 2240. The van der Waals surface area contributed by atoms with E-state index in [1.54, 1.807) is 6.07 Å². The van der Waals surface area contributed by atoms with Crippen molar-refractivity contribution in [2.45, 2.75) is 25.7 Å². The number of nitrogens with one attached hydrogen (secondary N) is 1. The van der Waals surface area contributed by atoms with Gasteiger partial charge >= 0.3 is 5.97 Å². The van der Waals surface area contributed by atoms with Crippen molar-refractivity contribution in [2.75, 3.05) is 12.4 Å². The summed E-state index contributed by atoms with van der Waals surface area (Å²) in [6.45, 7) is 1.98. The molecular formula is C38H30Cl2N2O5. The largest absolute Gasteiger partial charge is 0.468 e. The molecular weight excluding hydrogens is 635 g/mol. The molecule has 2 unspecified atom stereocenters. The number of para-hydroxylation sites is 1. The van der Waals surface area contributed by atoms with Crippen LogP contribution in [-0.2, 0) is 16.0 Å². The molecule has 47 heavy (non-hydrogen) atoms. The zero-order chi connectivity index (χ0) is 33.2. The number of non-ortho nitro benzene ring substituents is 1. The maximum Gasteiger partial charge on any atom is 0.317 e. The first-order valence-electron chi connectivity index (χ1n) is 15.1. The average molecular weight is 666 g/mol. The topological polar surface area (TPSA) is 98.5 Å². The predicted molar refractivity (Wildman–Crippen MR) is 186 cm³/mol. The summed E-state index contributed by atoms with van der Waals surface area (Å²) >= 11 is 12.8. The van der Waals surface area contributed by atoms with E-state index in [9.17, 15) is 19.7 Å². The number of allylic oxidation sites excluding steroid dienone is 2. The van der Waals surface area contributed by atoms with E-state index < -0.39 is 16.8 Å². The molecule has 236 valence electrons. The number of carbonyl (C=O) groups excluding carboxylic acids is 2. The Morgan fingerprint density at radius 1 is 0.936 bits per heavy atom. The summed E-state index contributed by atoms with van der Waals surface area (Å²) in [5, 5.41) is 18.2. The van der Waals surface area contributed by atoms with Crippen LogP contribution in [0.25, 0.3) is 17.7 Å². The molecule has 2 aliphatic carbocycles. The number of esters is 1. The SMILES string of the molecule is C1=CNc2ccccc2C=C1.COC(=O)C1C=c2c(Cl)cccc2=c2ccc3c(c21)CCC(C)C=3C(=O)c1ccc([N+](=O)[O-])cc1Cl. The smallest absolute Gasteiger partial charge is 0.317 e. The van der Waals surface area contributed by atoms with Crippen molar-refractivity contribution in [1.82, 2.24) is 0 Å². The molecule has 0 saturated carbocycles. The lowest BCUT2D eigenvalue weighted by Crippen LogP contribution is -2.32. The van der Waals surface area contributed by atoms with E-state index in [2.05, 4.69) is 23.5 Å². The third-order valence-electron chi connectivity index (χ3n) is 8.75. The van der Waals surface area contributed by atoms with Gasteiger partial charge in [-0.15, -0.1) is 0 Å². The van der Waals surface area contributed by atoms with Crippen LogP contribution in [0.4, 0.5) is 11.4 Å². The van der Waals surface area contributed by atoms with E-state index >= 15 is 0 Å². The van der Waals surface area contributed by atoms with Gasteiger partial charge in [0.2, 0.25) is 0 Å². The van der Waals surface area contributed by atoms with Gasteiger partial charge in [-0.2, -0.15) is 0 Å². The molecule has 1 heterocycles. The molecule has 0 amide bonds. The normalized spacial score (nSPS) is 16.8. The molecule has 0 aromatic heterocycles. The number of halogens is 2. The number of ether oxygens (including phenoxy) is 1. The summed E-state index contributed by atoms with van der Waals surface area (Å²) in [7, 11) is 1.35. The van der Waals surface area contributed by atoms with Crippen LogP contribution in [0.15, 0.2) is 91.1 Å². The monoisotopic (exact) mass is 664 g/mol. The molecule has 9 heteroatoms. The molecule has 0 bridgehead atoms. The van der Waals surface area contributed by atoms with Crippen LogP contribution in [0.3, 0.4) is 0 Å². The van der Waals surface area contributed by atoms with E-state index in [1.165, 1.54) is 30.9 Å². The molecule has 1 aliphatic heterocycles. The summed E-state index contributed by atoms with van der Waals surface area (Å²) < 4.78 is 5.14. The number of anilines is 1.